The van der Waals surface area contributed by atoms with Crippen LogP contribution in [0.3, 0.4) is 0 Å². The Bertz CT molecular complexity index is 685. The van der Waals surface area contributed by atoms with Gasteiger partial charge in [-0.3, -0.25) is 0 Å². The summed E-state index contributed by atoms with van der Waals surface area (Å²) in [6.45, 7) is 8.74. The highest BCUT2D eigenvalue weighted by Crippen LogP contribution is 2.26. The molecule has 0 aromatic heterocycles. The van der Waals surface area contributed by atoms with Crippen LogP contribution in [0.1, 0.15) is 46.1 Å². The number of aliphatic hydroxyl groups is 1. The maximum atomic E-state index is 10.3. The Balaban J connectivity index is 1.97. The fraction of sp³-hybridized carbons (Fsp3) is 0.571. The molecule has 1 heterocycles. The largest absolute Gasteiger partial charge is 0.497 e. The van der Waals surface area contributed by atoms with Gasteiger partial charge in [0, 0.05) is 12.2 Å². The molecule has 1 aliphatic heterocycles. The lowest BCUT2D eigenvalue weighted by Gasteiger charge is -2.38. The molecule has 7 heteroatoms. The fourth-order valence-electron chi connectivity index (χ4n) is 2.72. The molecular formula is C21H33BN2O4. The second kappa shape index (κ2) is 9.59. The summed E-state index contributed by atoms with van der Waals surface area (Å²) in [6, 6.07) is 7.70. The average Bonchev–Trinajstić information content (AvgIpc) is 3.16. The van der Waals surface area contributed by atoms with Crippen LogP contribution in [0.25, 0.3) is 0 Å². The molecular weight excluding hydrogens is 355 g/mol. The second-order valence-corrected chi connectivity index (χ2v) is 8.16. The molecule has 6 nitrogen and oxygen atoms in total. The van der Waals surface area contributed by atoms with Gasteiger partial charge in [0.05, 0.1) is 37.2 Å². The normalized spacial score (nSPS) is 16.5. The van der Waals surface area contributed by atoms with Crippen molar-refractivity contribution in [2.75, 3.05) is 20.3 Å². The predicted molar refractivity (Wildman–Crippen MR) is 113 cm³/mol. The minimum Gasteiger partial charge on any atom is -0.497 e. The molecule has 0 radical (unpaired) electrons. The molecule has 0 bridgehead atoms. The summed E-state index contributed by atoms with van der Waals surface area (Å²) >= 11 is 0. The van der Waals surface area contributed by atoms with E-state index in [4.69, 9.17) is 19.5 Å². The van der Waals surface area contributed by atoms with E-state index in [1.165, 1.54) is 0 Å². The van der Waals surface area contributed by atoms with Crippen LogP contribution >= 0.6 is 0 Å². The third kappa shape index (κ3) is 6.09. The molecule has 0 spiro atoms. The van der Waals surface area contributed by atoms with Crippen molar-refractivity contribution in [3.8, 4) is 5.75 Å². The molecule has 1 aromatic carbocycles. The Hall–Kier alpha value is -1.83. The summed E-state index contributed by atoms with van der Waals surface area (Å²) in [5.74, 6) is 0.808. The molecule has 0 saturated carbocycles. The zero-order valence-corrected chi connectivity index (χ0v) is 17.7. The third-order valence-corrected chi connectivity index (χ3v) is 5.40. The van der Waals surface area contributed by atoms with Crippen molar-refractivity contribution in [3.63, 3.8) is 0 Å². The van der Waals surface area contributed by atoms with Crippen LogP contribution in [-0.4, -0.2) is 49.8 Å². The molecule has 1 aromatic rings. The number of methoxy groups -OCH3 is 1. The van der Waals surface area contributed by atoms with Gasteiger partial charge in [-0.25, -0.2) is 0 Å². The van der Waals surface area contributed by atoms with E-state index in [1.54, 1.807) is 21.0 Å². The Morgan fingerprint density at radius 2 is 1.89 bits per heavy atom. The van der Waals surface area contributed by atoms with Gasteiger partial charge >= 0.3 is 7.48 Å². The van der Waals surface area contributed by atoms with E-state index >= 15 is 0 Å². The Morgan fingerprint density at radius 3 is 2.43 bits per heavy atom. The van der Waals surface area contributed by atoms with E-state index in [0.29, 0.717) is 12.3 Å². The molecule has 2 rings (SSSR count). The molecule has 1 aliphatic rings. The molecule has 0 aliphatic carbocycles. The zero-order valence-electron chi connectivity index (χ0n) is 17.7. The first kappa shape index (κ1) is 22.5. The first-order valence-electron chi connectivity index (χ1n) is 9.75. The summed E-state index contributed by atoms with van der Waals surface area (Å²) < 4.78 is 16.9. The topological polar surface area (TPSA) is 83.8 Å². The van der Waals surface area contributed by atoms with Gasteiger partial charge in [-0.15, -0.1) is 0 Å². The number of hydrogen-bond donors (Lipinski definition) is 3. The molecule has 28 heavy (non-hydrogen) atoms. The van der Waals surface area contributed by atoms with Crippen molar-refractivity contribution in [2.45, 2.75) is 58.3 Å². The lowest BCUT2D eigenvalue weighted by molar-refractivity contribution is -0.0896. The van der Waals surface area contributed by atoms with Crippen LogP contribution in [-0.2, 0) is 16.0 Å². The summed E-state index contributed by atoms with van der Waals surface area (Å²) in [5.41, 5.74) is 1.58. The zero-order chi connectivity index (χ0) is 20.8. The Morgan fingerprint density at radius 1 is 1.21 bits per heavy atom. The van der Waals surface area contributed by atoms with Gasteiger partial charge in [-0.1, -0.05) is 12.1 Å². The lowest BCUT2D eigenvalue weighted by atomic mass is 9.78. The summed E-state index contributed by atoms with van der Waals surface area (Å²) in [6.07, 6.45) is 1.95. The number of nitrogens with one attached hydrogen (secondary N) is 2. The van der Waals surface area contributed by atoms with E-state index in [9.17, 15) is 5.11 Å². The minimum absolute atomic E-state index is 0.207. The van der Waals surface area contributed by atoms with Crippen molar-refractivity contribution in [3.05, 3.63) is 41.0 Å². The predicted octanol–water partition coefficient (Wildman–Crippen LogP) is 2.74. The van der Waals surface area contributed by atoms with Crippen LogP contribution < -0.4 is 10.1 Å². The smallest absolute Gasteiger partial charge is 0.313 e. The van der Waals surface area contributed by atoms with Gasteiger partial charge in [-0.2, -0.15) is 0 Å². The number of benzene rings is 1. The SMILES string of the molecule is COc1ccc(COCC(=N)/C(BOC(C)(C)C(C)(C)O)=C2/CCCN2)cc1. The Labute approximate surface area is 169 Å². The van der Waals surface area contributed by atoms with E-state index in [2.05, 4.69) is 5.32 Å². The molecule has 0 unspecified atom stereocenters. The Kier molecular flexibility index (Phi) is 7.69. The van der Waals surface area contributed by atoms with Gasteiger partial charge in [0.25, 0.3) is 0 Å². The molecule has 1 fully saturated rings. The van der Waals surface area contributed by atoms with Crippen molar-refractivity contribution in [2.24, 2.45) is 0 Å². The molecule has 0 amide bonds. The highest BCUT2D eigenvalue weighted by Gasteiger charge is 2.36. The van der Waals surface area contributed by atoms with Crippen molar-refractivity contribution >= 4 is 13.2 Å². The third-order valence-electron chi connectivity index (χ3n) is 5.40. The highest BCUT2D eigenvalue weighted by atomic mass is 16.5. The fourth-order valence-corrected chi connectivity index (χ4v) is 2.72. The molecule has 154 valence electrons. The maximum absolute atomic E-state index is 10.3. The van der Waals surface area contributed by atoms with Gasteiger partial charge in [-0.05, 0) is 63.7 Å². The number of rotatable bonds is 10. The molecule has 0 atom stereocenters. The number of hydrogen-bond acceptors (Lipinski definition) is 6. The monoisotopic (exact) mass is 388 g/mol. The van der Waals surface area contributed by atoms with Crippen LogP contribution in [0.4, 0.5) is 0 Å². The standard InChI is InChI=1S/C21H33BN2O4/c1-20(2,25)21(3,4)28-22-19(18-7-6-12-24-18)17(23)14-27-13-15-8-10-16(26-5)11-9-15/h8-11,22-25H,6-7,12-14H2,1-5H3/b19-18+,23-17?. The van der Waals surface area contributed by atoms with Crippen molar-refractivity contribution in [1.82, 2.24) is 5.32 Å². The number of ether oxygens (including phenoxy) is 2. The van der Waals surface area contributed by atoms with Crippen LogP contribution in [0.5, 0.6) is 5.75 Å². The number of allylic oxidation sites excluding steroid dienone is 1. The van der Waals surface area contributed by atoms with Gasteiger partial charge in [0.1, 0.15) is 5.75 Å². The first-order valence-corrected chi connectivity index (χ1v) is 9.75. The second-order valence-electron chi connectivity index (χ2n) is 8.16. The van der Waals surface area contributed by atoms with Crippen LogP contribution in [0.15, 0.2) is 35.4 Å². The van der Waals surface area contributed by atoms with Gasteiger partial charge in [0.2, 0.25) is 0 Å². The van der Waals surface area contributed by atoms with Crippen LogP contribution in [0, 0.1) is 5.41 Å². The van der Waals surface area contributed by atoms with Gasteiger partial charge in [0.15, 0.2) is 0 Å². The minimum atomic E-state index is -0.987. The van der Waals surface area contributed by atoms with Gasteiger partial charge < -0.3 is 30.0 Å². The summed E-state index contributed by atoms with van der Waals surface area (Å²) in [7, 11) is 1.91. The maximum Gasteiger partial charge on any atom is 0.313 e. The summed E-state index contributed by atoms with van der Waals surface area (Å²) in [5, 5.41) is 22.2. The molecule has 3 N–H and O–H groups in total. The quantitative estimate of drug-likeness (QED) is 0.424. The van der Waals surface area contributed by atoms with E-state index in [1.807, 2.05) is 38.1 Å². The van der Waals surface area contributed by atoms with E-state index < -0.39 is 11.2 Å². The van der Waals surface area contributed by atoms with E-state index in [0.717, 1.165) is 41.9 Å². The van der Waals surface area contributed by atoms with E-state index in [-0.39, 0.29) is 14.1 Å². The molecule has 1 saturated heterocycles. The first-order chi connectivity index (χ1) is 13.1. The van der Waals surface area contributed by atoms with Crippen molar-refractivity contribution < 1.29 is 19.2 Å². The lowest BCUT2D eigenvalue weighted by Crippen LogP contribution is -2.48. The summed E-state index contributed by atoms with van der Waals surface area (Å²) in [4.78, 5) is 0. The van der Waals surface area contributed by atoms with Crippen LogP contribution in [0.2, 0.25) is 0 Å². The average molecular weight is 388 g/mol. The highest BCUT2D eigenvalue weighted by molar-refractivity contribution is 6.49. The van der Waals surface area contributed by atoms with Crippen molar-refractivity contribution in [1.29, 1.82) is 5.41 Å².